The molecule has 1 aliphatic heterocycles. The molecule has 2 atom stereocenters. The summed E-state index contributed by atoms with van der Waals surface area (Å²) in [6, 6.07) is 8.36. The van der Waals surface area contributed by atoms with Gasteiger partial charge in [-0.1, -0.05) is 116 Å². The third-order valence-corrected chi connectivity index (χ3v) is 7.96. The molecule has 1 heterocycles. The first-order valence-electron chi connectivity index (χ1n) is 15.2. The van der Waals surface area contributed by atoms with Crippen molar-refractivity contribution in [1.29, 1.82) is 0 Å². The van der Waals surface area contributed by atoms with E-state index in [9.17, 15) is 4.39 Å². The Kier molecular flexibility index (Phi) is 30.3. The van der Waals surface area contributed by atoms with E-state index < -0.39 is 5.83 Å². The number of benzene rings is 1. The van der Waals surface area contributed by atoms with Crippen LogP contribution in [0.2, 0.25) is 0 Å². The zero-order valence-corrected chi connectivity index (χ0v) is 28.7. The number of thioether (sulfide) groups is 1. The number of unbranched alkanes of at least 4 members (excludes halogenated alkanes) is 2. The van der Waals surface area contributed by atoms with E-state index >= 15 is 0 Å². The van der Waals surface area contributed by atoms with Crippen LogP contribution in [-0.4, -0.2) is 18.3 Å². The highest BCUT2D eigenvalue weighted by molar-refractivity contribution is 8.05. The molecule has 1 aromatic rings. The van der Waals surface area contributed by atoms with E-state index in [0.717, 1.165) is 25.0 Å². The highest BCUT2D eigenvalue weighted by Gasteiger charge is 2.37. The third kappa shape index (κ3) is 20.8. The minimum atomic E-state index is -0.501. The van der Waals surface area contributed by atoms with Crippen molar-refractivity contribution in [2.24, 2.45) is 5.92 Å². The van der Waals surface area contributed by atoms with Gasteiger partial charge in [0.1, 0.15) is 0 Å². The SMILES string of the molecule is C#C/C(F)=C\C(CC)=C(/C)CC1(C(C)C=C)C=CS1.CCCC.CCCC.CCCNC.Cc1ccccc1C. The molecular weight excluding hydrogens is 509 g/mol. The molecule has 1 nitrogen and oxygen atoms in total. The first kappa shape index (κ1) is 42.4. The zero-order valence-electron chi connectivity index (χ0n) is 27.9. The topological polar surface area (TPSA) is 12.0 Å². The summed E-state index contributed by atoms with van der Waals surface area (Å²) in [5.41, 5.74) is 4.92. The van der Waals surface area contributed by atoms with E-state index in [-0.39, 0.29) is 4.75 Å². The number of hydrogen-bond donors (Lipinski definition) is 1. The summed E-state index contributed by atoms with van der Waals surface area (Å²) in [6.45, 7) is 26.4. The maximum absolute atomic E-state index is 13.2. The predicted molar refractivity (Wildman–Crippen MR) is 186 cm³/mol. The number of hydrogen-bond acceptors (Lipinski definition) is 2. The maximum Gasteiger partial charge on any atom is 0.173 e. The van der Waals surface area contributed by atoms with Gasteiger partial charge in [0.05, 0.1) is 0 Å². The second kappa shape index (κ2) is 28.5. The Morgan fingerprint density at radius 2 is 1.50 bits per heavy atom. The number of halogens is 1. The molecule has 0 aromatic heterocycles. The van der Waals surface area contributed by atoms with Crippen molar-refractivity contribution in [3.8, 4) is 12.3 Å². The van der Waals surface area contributed by atoms with Gasteiger partial charge in [0.2, 0.25) is 0 Å². The molecule has 0 bridgehead atoms. The Morgan fingerprint density at radius 1 is 1.02 bits per heavy atom. The number of allylic oxidation sites excluding steroid dienone is 5. The number of aryl methyl sites for hydroxylation is 2. The Morgan fingerprint density at radius 3 is 1.73 bits per heavy atom. The molecule has 0 spiro atoms. The Hall–Kier alpha value is -2.02. The van der Waals surface area contributed by atoms with Crippen molar-refractivity contribution in [1.82, 2.24) is 5.32 Å². The minimum absolute atomic E-state index is 0.0761. The van der Waals surface area contributed by atoms with Gasteiger partial charge in [0.25, 0.3) is 0 Å². The van der Waals surface area contributed by atoms with E-state index in [0.29, 0.717) is 5.92 Å². The van der Waals surface area contributed by atoms with Crippen molar-refractivity contribution in [2.45, 2.75) is 119 Å². The van der Waals surface area contributed by atoms with Crippen molar-refractivity contribution < 1.29 is 4.39 Å². The molecule has 0 saturated heterocycles. The fraction of sp³-hybridized carbons (Fsp3) is 0.568. The maximum atomic E-state index is 13.2. The van der Waals surface area contributed by atoms with Gasteiger partial charge in [-0.2, -0.15) is 4.39 Å². The molecule has 228 valence electrons. The monoisotopic (exact) mass is 571 g/mol. The highest BCUT2D eigenvalue weighted by atomic mass is 32.2. The van der Waals surface area contributed by atoms with Crippen molar-refractivity contribution in [3.05, 3.63) is 82.6 Å². The summed E-state index contributed by atoms with van der Waals surface area (Å²) in [7, 11) is 1.96. The van der Waals surface area contributed by atoms with E-state index in [1.54, 1.807) is 0 Å². The molecule has 0 amide bonds. The molecule has 1 aliphatic rings. The van der Waals surface area contributed by atoms with Crippen LogP contribution in [0.1, 0.15) is 111 Å². The number of terminal acetylenes is 1. The summed E-state index contributed by atoms with van der Waals surface area (Å²) >= 11 is 1.83. The van der Waals surface area contributed by atoms with Gasteiger partial charge in [-0.15, -0.1) is 24.8 Å². The van der Waals surface area contributed by atoms with Crippen LogP contribution in [0.3, 0.4) is 0 Å². The fourth-order valence-electron chi connectivity index (χ4n) is 3.13. The average molecular weight is 572 g/mol. The van der Waals surface area contributed by atoms with Crippen LogP contribution in [0.15, 0.2) is 71.5 Å². The van der Waals surface area contributed by atoms with Crippen LogP contribution in [0.25, 0.3) is 0 Å². The molecule has 0 aliphatic carbocycles. The third-order valence-electron chi connectivity index (χ3n) is 6.60. The molecule has 2 unspecified atom stereocenters. The summed E-state index contributed by atoms with van der Waals surface area (Å²) in [4.78, 5) is 0. The van der Waals surface area contributed by atoms with Crippen molar-refractivity contribution in [3.63, 3.8) is 0 Å². The standard InChI is InChI=1S/C17H21FS.C8H10.C4H11N.2C4H10/c1-6-14(5)17(9-10-19-17)12-13(4)15(7-2)11-16(18)8-3;1-7-5-3-4-6-8(7)2;1-3-4-5-2;2*1-3-4-2/h3,6,9-11,14H,1,7,12H2,2,4-5H3;3-6H,1-2H3;5H,3-4H2,1-2H3;2*3-4H2,1-2H3/b15-13+,16-11+;;;;. The molecule has 1 N–H and O–H groups in total. The summed E-state index contributed by atoms with van der Waals surface area (Å²) < 4.78 is 13.3. The van der Waals surface area contributed by atoms with Gasteiger partial charge in [-0.05, 0) is 93.6 Å². The molecule has 3 heteroatoms. The molecule has 2 rings (SSSR count). The predicted octanol–water partition coefficient (Wildman–Crippen LogP) is 11.9. The van der Waals surface area contributed by atoms with E-state index in [4.69, 9.17) is 6.42 Å². The number of rotatable bonds is 10. The minimum Gasteiger partial charge on any atom is -0.320 e. The van der Waals surface area contributed by atoms with Gasteiger partial charge < -0.3 is 5.32 Å². The Labute approximate surface area is 254 Å². The average Bonchev–Trinajstić information content (AvgIpc) is 2.95. The quantitative estimate of drug-likeness (QED) is 0.170. The molecule has 0 radical (unpaired) electrons. The molecular formula is C37H62FNS. The van der Waals surface area contributed by atoms with Crippen molar-refractivity contribution in [2.75, 3.05) is 13.6 Å². The van der Waals surface area contributed by atoms with Crippen LogP contribution in [0, 0.1) is 32.1 Å². The molecule has 40 heavy (non-hydrogen) atoms. The summed E-state index contributed by atoms with van der Waals surface area (Å²) in [5.74, 6) is 1.92. The Bertz CT molecular complexity index is 859. The second-order valence-electron chi connectivity index (χ2n) is 10.1. The lowest BCUT2D eigenvalue weighted by atomic mass is 9.85. The van der Waals surface area contributed by atoms with E-state index in [1.807, 2.05) is 37.7 Å². The van der Waals surface area contributed by atoms with Crippen LogP contribution < -0.4 is 5.32 Å². The lowest BCUT2D eigenvalue weighted by molar-refractivity contribution is 0.548. The smallest absolute Gasteiger partial charge is 0.173 e. The summed E-state index contributed by atoms with van der Waals surface area (Å²) in [6.07, 6.45) is 18.9. The molecule has 1 aromatic carbocycles. The highest BCUT2D eigenvalue weighted by Crippen LogP contribution is 2.48. The van der Waals surface area contributed by atoms with Crippen molar-refractivity contribution >= 4 is 11.8 Å². The van der Waals surface area contributed by atoms with Gasteiger partial charge in [-0.25, -0.2) is 0 Å². The fourth-order valence-corrected chi connectivity index (χ4v) is 4.22. The Balaban J connectivity index is -0.000000531. The number of nitrogens with one attached hydrogen (secondary N) is 1. The zero-order chi connectivity index (χ0) is 31.4. The second-order valence-corrected chi connectivity index (χ2v) is 11.3. The van der Waals surface area contributed by atoms with E-state index in [2.05, 4.69) is 110 Å². The van der Waals surface area contributed by atoms with Crippen LogP contribution in [0.5, 0.6) is 0 Å². The molecule has 0 fully saturated rings. The lowest BCUT2D eigenvalue weighted by Crippen LogP contribution is -2.33. The first-order valence-corrected chi connectivity index (χ1v) is 16.1. The van der Waals surface area contributed by atoms with Gasteiger partial charge in [0, 0.05) is 4.75 Å². The first-order chi connectivity index (χ1) is 19.0. The van der Waals surface area contributed by atoms with E-state index in [1.165, 1.54) is 54.9 Å². The van der Waals surface area contributed by atoms with Crippen LogP contribution in [-0.2, 0) is 0 Å². The van der Waals surface area contributed by atoms with Gasteiger partial charge in [0.15, 0.2) is 5.83 Å². The largest absolute Gasteiger partial charge is 0.320 e. The van der Waals surface area contributed by atoms with Gasteiger partial charge in [-0.3, -0.25) is 0 Å². The van der Waals surface area contributed by atoms with Crippen LogP contribution >= 0.6 is 11.8 Å². The summed E-state index contributed by atoms with van der Waals surface area (Å²) in [5, 5.41) is 5.13. The molecule has 0 saturated carbocycles. The lowest BCUT2D eigenvalue weighted by Gasteiger charge is -2.39. The normalized spacial score (nSPS) is 16.3. The van der Waals surface area contributed by atoms with Gasteiger partial charge >= 0.3 is 0 Å². The van der Waals surface area contributed by atoms with Crippen LogP contribution in [0.4, 0.5) is 4.39 Å².